The molecule has 1 unspecified atom stereocenters. The predicted molar refractivity (Wildman–Crippen MR) is 137 cm³/mol. The van der Waals surface area contributed by atoms with Crippen LogP contribution >= 0.6 is 0 Å². The maximum Gasteiger partial charge on any atom is 0.314 e. The number of hydrogen-bond acceptors (Lipinski definition) is 2. The van der Waals surface area contributed by atoms with Gasteiger partial charge in [0.2, 0.25) is 0 Å². The summed E-state index contributed by atoms with van der Waals surface area (Å²) in [6.45, 7) is 8.78. The zero-order chi connectivity index (χ0) is 23.3. The largest absolute Gasteiger partial charge is 0.338 e. The summed E-state index contributed by atoms with van der Waals surface area (Å²) in [5.74, 6) is 1.40. The second kappa shape index (κ2) is 20.1. The molecule has 186 valence electrons. The molecular formula is C27H52N4O. The van der Waals surface area contributed by atoms with Gasteiger partial charge in [-0.2, -0.15) is 0 Å². The number of urea groups is 1. The van der Waals surface area contributed by atoms with Gasteiger partial charge in [-0.25, -0.2) is 9.78 Å². The third kappa shape index (κ3) is 16.2. The molecule has 0 aliphatic heterocycles. The Labute approximate surface area is 198 Å². The maximum absolute atomic E-state index is 11.9. The molecule has 1 atom stereocenters. The van der Waals surface area contributed by atoms with Crippen LogP contribution in [0.1, 0.15) is 122 Å². The Morgan fingerprint density at radius 2 is 1.34 bits per heavy atom. The van der Waals surface area contributed by atoms with Crippen molar-refractivity contribution in [1.82, 2.24) is 20.2 Å². The van der Waals surface area contributed by atoms with Crippen LogP contribution in [0.15, 0.2) is 12.4 Å². The van der Waals surface area contributed by atoms with E-state index in [1.807, 2.05) is 19.3 Å². The predicted octanol–water partition coefficient (Wildman–Crippen LogP) is 7.39. The van der Waals surface area contributed by atoms with Crippen molar-refractivity contribution in [2.45, 2.75) is 130 Å². The molecule has 2 N–H and O–H groups in total. The minimum Gasteiger partial charge on any atom is -0.338 e. The fourth-order valence-corrected chi connectivity index (χ4v) is 4.20. The van der Waals surface area contributed by atoms with Gasteiger partial charge in [0.25, 0.3) is 0 Å². The SMILES string of the molecule is CCCCCCCCCCCCCCCCCCNC(=O)NCC(C)Cn1ccnc1C. The van der Waals surface area contributed by atoms with Crippen molar-refractivity contribution in [3.63, 3.8) is 0 Å². The highest BCUT2D eigenvalue weighted by atomic mass is 16.2. The first kappa shape index (κ1) is 28.5. The van der Waals surface area contributed by atoms with Gasteiger partial charge in [-0.05, 0) is 19.3 Å². The van der Waals surface area contributed by atoms with Gasteiger partial charge in [-0.15, -0.1) is 0 Å². The van der Waals surface area contributed by atoms with Crippen LogP contribution in [0.3, 0.4) is 0 Å². The molecule has 0 saturated heterocycles. The molecular weight excluding hydrogens is 396 g/mol. The number of aromatic nitrogens is 2. The fraction of sp³-hybridized carbons (Fsp3) is 0.852. The highest BCUT2D eigenvalue weighted by molar-refractivity contribution is 5.73. The number of imidazole rings is 1. The summed E-state index contributed by atoms with van der Waals surface area (Å²) in [6.07, 6.45) is 25.8. The standard InChI is InChI=1S/C27H52N4O/c1-4-5-6-7-8-9-10-11-12-13-14-15-16-17-18-19-20-29-27(32)30-23-25(2)24-31-22-21-28-26(31)3/h21-22,25H,4-20,23-24H2,1-3H3,(H2,29,30,32). The van der Waals surface area contributed by atoms with Gasteiger partial charge >= 0.3 is 6.03 Å². The lowest BCUT2D eigenvalue weighted by molar-refractivity contribution is 0.238. The molecule has 2 amide bonds. The fourth-order valence-electron chi connectivity index (χ4n) is 4.20. The van der Waals surface area contributed by atoms with Gasteiger partial charge in [0.1, 0.15) is 5.82 Å². The van der Waals surface area contributed by atoms with Crippen LogP contribution in [-0.4, -0.2) is 28.7 Å². The number of carbonyl (C=O) groups excluding carboxylic acids is 1. The van der Waals surface area contributed by atoms with Gasteiger partial charge in [-0.3, -0.25) is 0 Å². The van der Waals surface area contributed by atoms with Gasteiger partial charge in [0.05, 0.1) is 0 Å². The highest BCUT2D eigenvalue weighted by Crippen LogP contribution is 2.13. The second-order valence-electron chi connectivity index (χ2n) is 9.67. The van der Waals surface area contributed by atoms with Gasteiger partial charge in [-0.1, -0.05) is 110 Å². The zero-order valence-electron chi connectivity index (χ0n) is 21.5. The van der Waals surface area contributed by atoms with Gasteiger partial charge in [0, 0.05) is 32.0 Å². The van der Waals surface area contributed by atoms with E-state index in [4.69, 9.17) is 0 Å². The van der Waals surface area contributed by atoms with Gasteiger partial charge in [0.15, 0.2) is 0 Å². The number of nitrogens with zero attached hydrogens (tertiary/aromatic N) is 2. The number of unbranched alkanes of at least 4 members (excludes halogenated alkanes) is 15. The summed E-state index contributed by atoms with van der Waals surface area (Å²) in [5, 5.41) is 5.97. The Hall–Kier alpha value is -1.52. The molecule has 0 spiro atoms. The first-order chi connectivity index (χ1) is 15.6. The molecule has 0 aromatic carbocycles. The quantitative estimate of drug-likeness (QED) is 0.193. The highest BCUT2D eigenvalue weighted by Gasteiger charge is 2.07. The molecule has 0 fully saturated rings. The van der Waals surface area contributed by atoms with E-state index in [2.05, 4.69) is 34.0 Å². The minimum absolute atomic E-state index is 0.0415. The van der Waals surface area contributed by atoms with Crippen molar-refractivity contribution in [1.29, 1.82) is 0 Å². The third-order valence-electron chi connectivity index (χ3n) is 6.36. The molecule has 1 heterocycles. The Bertz CT molecular complexity index is 558. The first-order valence-electron chi connectivity index (χ1n) is 13.6. The van der Waals surface area contributed by atoms with E-state index in [0.717, 1.165) is 25.3 Å². The van der Waals surface area contributed by atoms with E-state index < -0.39 is 0 Å². The molecule has 5 heteroatoms. The van der Waals surface area contributed by atoms with Crippen LogP contribution in [0.4, 0.5) is 4.79 Å². The van der Waals surface area contributed by atoms with E-state index in [9.17, 15) is 4.79 Å². The smallest absolute Gasteiger partial charge is 0.314 e. The molecule has 32 heavy (non-hydrogen) atoms. The molecule has 1 aromatic rings. The van der Waals surface area contributed by atoms with Gasteiger partial charge < -0.3 is 15.2 Å². The molecule has 5 nitrogen and oxygen atoms in total. The minimum atomic E-state index is -0.0415. The topological polar surface area (TPSA) is 59.0 Å². The molecule has 0 aliphatic carbocycles. The Morgan fingerprint density at radius 3 is 1.81 bits per heavy atom. The molecule has 1 rings (SSSR count). The van der Waals surface area contributed by atoms with Crippen molar-refractivity contribution >= 4 is 6.03 Å². The number of carbonyl (C=O) groups is 1. The van der Waals surface area contributed by atoms with Crippen molar-refractivity contribution in [3.05, 3.63) is 18.2 Å². The van der Waals surface area contributed by atoms with Crippen LogP contribution < -0.4 is 10.6 Å². The summed E-state index contributed by atoms with van der Waals surface area (Å²) in [7, 11) is 0. The number of amides is 2. The summed E-state index contributed by atoms with van der Waals surface area (Å²) in [6, 6.07) is -0.0415. The second-order valence-corrected chi connectivity index (χ2v) is 9.67. The Balaban J connectivity index is 1.79. The Morgan fingerprint density at radius 1 is 0.844 bits per heavy atom. The maximum atomic E-state index is 11.9. The summed E-state index contributed by atoms with van der Waals surface area (Å²) in [4.78, 5) is 16.2. The zero-order valence-corrected chi connectivity index (χ0v) is 21.5. The van der Waals surface area contributed by atoms with E-state index in [0.29, 0.717) is 12.5 Å². The first-order valence-corrected chi connectivity index (χ1v) is 13.6. The number of nitrogens with one attached hydrogen (secondary N) is 2. The van der Waals surface area contributed by atoms with Crippen LogP contribution in [0.5, 0.6) is 0 Å². The van der Waals surface area contributed by atoms with Crippen LogP contribution in [0.25, 0.3) is 0 Å². The summed E-state index contributed by atoms with van der Waals surface area (Å²) < 4.78 is 2.13. The van der Waals surface area contributed by atoms with E-state index in [-0.39, 0.29) is 6.03 Å². The third-order valence-corrected chi connectivity index (χ3v) is 6.36. The van der Waals surface area contributed by atoms with E-state index in [1.54, 1.807) is 0 Å². The van der Waals surface area contributed by atoms with Crippen LogP contribution in [0, 0.1) is 12.8 Å². The van der Waals surface area contributed by atoms with Crippen LogP contribution in [0.2, 0.25) is 0 Å². The summed E-state index contributed by atoms with van der Waals surface area (Å²) in [5.41, 5.74) is 0. The van der Waals surface area contributed by atoms with Crippen molar-refractivity contribution < 1.29 is 4.79 Å². The molecule has 0 saturated carbocycles. The average molecular weight is 449 g/mol. The van der Waals surface area contributed by atoms with Crippen molar-refractivity contribution in [2.24, 2.45) is 5.92 Å². The van der Waals surface area contributed by atoms with E-state index >= 15 is 0 Å². The molecule has 0 aliphatic rings. The normalized spacial score (nSPS) is 12.1. The average Bonchev–Trinajstić information content (AvgIpc) is 3.18. The molecule has 0 radical (unpaired) electrons. The lowest BCUT2D eigenvalue weighted by atomic mass is 10.0. The monoisotopic (exact) mass is 448 g/mol. The van der Waals surface area contributed by atoms with E-state index in [1.165, 1.54) is 96.3 Å². The number of aryl methyl sites for hydroxylation is 1. The van der Waals surface area contributed by atoms with Crippen molar-refractivity contribution in [2.75, 3.05) is 13.1 Å². The lowest BCUT2D eigenvalue weighted by Gasteiger charge is -2.15. The lowest BCUT2D eigenvalue weighted by Crippen LogP contribution is -2.38. The van der Waals surface area contributed by atoms with Crippen LogP contribution in [-0.2, 0) is 6.54 Å². The Kier molecular flexibility index (Phi) is 17.9. The summed E-state index contributed by atoms with van der Waals surface area (Å²) >= 11 is 0. The molecule has 1 aromatic heterocycles. The number of hydrogen-bond donors (Lipinski definition) is 2. The molecule has 0 bridgehead atoms. The van der Waals surface area contributed by atoms with Crippen molar-refractivity contribution in [3.8, 4) is 0 Å². The number of rotatable bonds is 21.